The van der Waals surface area contributed by atoms with Crippen LogP contribution in [0.1, 0.15) is 39.2 Å². The fourth-order valence-electron chi connectivity index (χ4n) is 2.73. The summed E-state index contributed by atoms with van der Waals surface area (Å²) in [5.74, 6) is -0.493. The Balaban J connectivity index is 1.95. The lowest BCUT2D eigenvalue weighted by Gasteiger charge is -2.29. The number of nitrogens with one attached hydrogen (secondary N) is 1. The van der Waals surface area contributed by atoms with Gasteiger partial charge in [0.25, 0.3) is 0 Å². The zero-order chi connectivity index (χ0) is 15.5. The second-order valence-electron chi connectivity index (χ2n) is 6.45. The highest BCUT2D eigenvalue weighted by Crippen LogP contribution is 2.33. The highest BCUT2D eigenvalue weighted by molar-refractivity contribution is 5.97. The summed E-state index contributed by atoms with van der Waals surface area (Å²) in [6, 6.07) is 5.92. The van der Waals surface area contributed by atoms with Crippen molar-refractivity contribution in [1.29, 1.82) is 0 Å². The Hall–Kier alpha value is -1.97. The van der Waals surface area contributed by atoms with E-state index in [1.54, 1.807) is 12.1 Å². The number of rotatable bonds is 3. The number of hydrazone groups is 1. The molecule has 1 N–H and O–H groups in total. The van der Waals surface area contributed by atoms with Crippen LogP contribution in [-0.4, -0.2) is 11.6 Å². The molecule has 0 radical (unpaired) electrons. The van der Waals surface area contributed by atoms with Crippen LogP contribution in [0.3, 0.4) is 0 Å². The number of carbonyl (C=O) groups is 1. The molecule has 0 fully saturated rings. The minimum atomic E-state index is -0.301. The first-order valence-electron chi connectivity index (χ1n) is 7.11. The molecule has 1 amide bonds. The minimum Gasteiger partial charge on any atom is -0.273 e. The van der Waals surface area contributed by atoms with Crippen molar-refractivity contribution in [1.82, 2.24) is 5.43 Å². The zero-order valence-corrected chi connectivity index (χ0v) is 12.7. The summed E-state index contributed by atoms with van der Waals surface area (Å²) in [5, 5.41) is 4.21. The van der Waals surface area contributed by atoms with Gasteiger partial charge in [-0.1, -0.05) is 31.6 Å². The van der Waals surface area contributed by atoms with Gasteiger partial charge in [-0.15, -0.1) is 0 Å². The van der Waals surface area contributed by atoms with E-state index in [-0.39, 0.29) is 23.6 Å². The van der Waals surface area contributed by atoms with E-state index >= 15 is 0 Å². The normalized spacial score (nSPS) is 19.2. The Morgan fingerprint density at radius 1 is 1.29 bits per heavy atom. The number of carbonyl (C=O) groups excluding carboxylic acids is 1. The van der Waals surface area contributed by atoms with Crippen molar-refractivity contribution in [3.8, 4) is 0 Å². The summed E-state index contributed by atoms with van der Waals surface area (Å²) in [4.78, 5) is 11.9. The Kier molecular flexibility index (Phi) is 4.56. The molecule has 0 atom stereocenters. The van der Waals surface area contributed by atoms with Gasteiger partial charge in [-0.2, -0.15) is 5.10 Å². The fourth-order valence-corrected chi connectivity index (χ4v) is 2.73. The van der Waals surface area contributed by atoms with Gasteiger partial charge in [-0.05, 0) is 49.0 Å². The van der Waals surface area contributed by atoms with Crippen LogP contribution < -0.4 is 5.43 Å². The molecule has 0 saturated carbocycles. The van der Waals surface area contributed by atoms with Crippen LogP contribution in [0.4, 0.5) is 4.39 Å². The lowest BCUT2D eigenvalue weighted by molar-refractivity contribution is -0.120. The summed E-state index contributed by atoms with van der Waals surface area (Å²) in [7, 11) is 0. The van der Waals surface area contributed by atoms with Crippen molar-refractivity contribution in [3.05, 3.63) is 47.3 Å². The molecule has 1 aromatic carbocycles. The van der Waals surface area contributed by atoms with E-state index in [0.29, 0.717) is 0 Å². The van der Waals surface area contributed by atoms with Crippen LogP contribution in [0, 0.1) is 11.2 Å². The Morgan fingerprint density at radius 2 is 1.95 bits per heavy atom. The molecule has 3 nitrogen and oxygen atoms in total. The standard InChI is InChI=1S/C17H21FN2O/c1-12-8-15(11-17(2,3)10-12)19-20-16(21)9-13-4-6-14(18)7-5-13/h4-8H,9-11H2,1-3H3,(H,20,21)/b19-15-. The predicted molar refractivity (Wildman–Crippen MR) is 82.5 cm³/mol. The number of allylic oxidation sites excluding steroid dienone is 2. The number of benzene rings is 1. The third-order valence-electron chi connectivity index (χ3n) is 3.43. The SMILES string of the molecule is CC1=C/C(=N/NC(=O)Cc2ccc(F)cc2)CC(C)(C)C1. The van der Waals surface area contributed by atoms with Crippen LogP contribution in [0.2, 0.25) is 0 Å². The first-order valence-corrected chi connectivity index (χ1v) is 7.11. The zero-order valence-electron chi connectivity index (χ0n) is 12.7. The minimum absolute atomic E-state index is 0.180. The number of amides is 1. The van der Waals surface area contributed by atoms with Gasteiger partial charge in [0.05, 0.1) is 12.1 Å². The van der Waals surface area contributed by atoms with E-state index in [1.165, 1.54) is 17.7 Å². The molecule has 0 bridgehead atoms. The average molecular weight is 288 g/mol. The fraction of sp³-hybridized carbons (Fsp3) is 0.412. The lowest BCUT2D eigenvalue weighted by atomic mass is 9.77. The van der Waals surface area contributed by atoms with Gasteiger partial charge in [0, 0.05) is 0 Å². The maximum absolute atomic E-state index is 12.8. The molecule has 0 heterocycles. The van der Waals surface area contributed by atoms with Crippen LogP contribution in [0.5, 0.6) is 0 Å². The average Bonchev–Trinajstić information content (AvgIpc) is 2.37. The molecule has 1 aromatic rings. The van der Waals surface area contributed by atoms with Crippen molar-refractivity contribution >= 4 is 11.6 Å². The van der Waals surface area contributed by atoms with Crippen molar-refractivity contribution in [2.75, 3.05) is 0 Å². The van der Waals surface area contributed by atoms with Crippen LogP contribution in [0.15, 0.2) is 41.0 Å². The predicted octanol–water partition coefficient (Wildman–Crippen LogP) is 3.61. The summed E-state index contributed by atoms with van der Waals surface area (Å²) in [6.45, 7) is 6.47. The summed E-state index contributed by atoms with van der Waals surface area (Å²) in [5.41, 5.74) is 5.71. The molecule has 0 unspecified atom stereocenters. The van der Waals surface area contributed by atoms with E-state index in [4.69, 9.17) is 0 Å². The number of hydrogen-bond donors (Lipinski definition) is 1. The molecule has 0 saturated heterocycles. The second-order valence-corrected chi connectivity index (χ2v) is 6.45. The maximum atomic E-state index is 12.8. The van der Waals surface area contributed by atoms with Gasteiger partial charge < -0.3 is 0 Å². The second kappa shape index (κ2) is 6.20. The number of halogens is 1. The quantitative estimate of drug-likeness (QED) is 0.848. The summed E-state index contributed by atoms with van der Waals surface area (Å²) < 4.78 is 12.8. The van der Waals surface area contributed by atoms with Gasteiger partial charge >= 0.3 is 0 Å². The Labute approximate surface area is 124 Å². The Bertz CT molecular complexity index is 585. The number of nitrogens with zero attached hydrogens (tertiary/aromatic N) is 1. The largest absolute Gasteiger partial charge is 0.273 e. The molecular formula is C17H21FN2O. The molecular weight excluding hydrogens is 267 g/mol. The van der Waals surface area contributed by atoms with Gasteiger partial charge in [0.1, 0.15) is 5.82 Å². The summed E-state index contributed by atoms with van der Waals surface area (Å²) in [6.07, 6.45) is 4.13. The molecule has 1 aliphatic carbocycles. The van der Waals surface area contributed by atoms with Crippen LogP contribution >= 0.6 is 0 Å². The molecule has 0 aliphatic heterocycles. The van der Waals surface area contributed by atoms with Crippen molar-refractivity contribution in [2.24, 2.45) is 10.5 Å². The van der Waals surface area contributed by atoms with E-state index in [9.17, 15) is 9.18 Å². The van der Waals surface area contributed by atoms with Gasteiger partial charge in [-0.3, -0.25) is 4.79 Å². The molecule has 2 rings (SSSR count). The number of hydrogen-bond acceptors (Lipinski definition) is 2. The first-order chi connectivity index (χ1) is 9.84. The third-order valence-corrected chi connectivity index (χ3v) is 3.43. The topological polar surface area (TPSA) is 41.5 Å². The third kappa shape index (κ3) is 4.81. The van der Waals surface area contributed by atoms with Gasteiger partial charge in [-0.25, -0.2) is 9.82 Å². The van der Waals surface area contributed by atoms with Gasteiger partial charge in [0.15, 0.2) is 0 Å². The monoisotopic (exact) mass is 288 g/mol. The molecule has 4 heteroatoms. The molecule has 21 heavy (non-hydrogen) atoms. The van der Waals surface area contributed by atoms with E-state index in [2.05, 4.69) is 31.3 Å². The lowest BCUT2D eigenvalue weighted by Crippen LogP contribution is -2.26. The first kappa shape index (κ1) is 15.4. The maximum Gasteiger partial charge on any atom is 0.244 e. The smallest absolute Gasteiger partial charge is 0.244 e. The van der Waals surface area contributed by atoms with E-state index in [0.717, 1.165) is 24.1 Å². The Morgan fingerprint density at radius 3 is 2.57 bits per heavy atom. The van der Waals surface area contributed by atoms with Crippen molar-refractivity contribution in [3.63, 3.8) is 0 Å². The highest BCUT2D eigenvalue weighted by Gasteiger charge is 2.24. The van der Waals surface area contributed by atoms with Crippen LogP contribution in [-0.2, 0) is 11.2 Å². The highest BCUT2D eigenvalue weighted by atomic mass is 19.1. The van der Waals surface area contributed by atoms with E-state index < -0.39 is 0 Å². The van der Waals surface area contributed by atoms with Crippen molar-refractivity contribution in [2.45, 2.75) is 40.0 Å². The molecule has 0 spiro atoms. The van der Waals surface area contributed by atoms with E-state index in [1.807, 2.05) is 6.08 Å². The van der Waals surface area contributed by atoms with Crippen LogP contribution in [0.25, 0.3) is 0 Å². The molecule has 1 aliphatic rings. The molecule has 112 valence electrons. The van der Waals surface area contributed by atoms with Gasteiger partial charge in [0.2, 0.25) is 5.91 Å². The molecule has 0 aromatic heterocycles. The summed E-state index contributed by atoms with van der Waals surface area (Å²) >= 11 is 0. The van der Waals surface area contributed by atoms with Crippen molar-refractivity contribution < 1.29 is 9.18 Å².